The summed E-state index contributed by atoms with van der Waals surface area (Å²) < 4.78 is 32.6. The molecule has 1 aliphatic carbocycles. The van der Waals surface area contributed by atoms with Gasteiger partial charge in [-0.15, -0.1) is 0 Å². The molecule has 8 nitrogen and oxygen atoms in total. The van der Waals surface area contributed by atoms with Gasteiger partial charge in [0.2, 0.25) is 10.0 Å². The number of methoxy groups -OCH3 is 1. The van der Waals surface area contributed by atoms with Gasteiger partial charge in [-0.05, 0) is 44.2 Å². The van der Waals surface area contributed by atoms with E-state index in [1.54, 1.807) is 7.11 Å². The van der Waals surface area contributed by atoms with E-state index in [9.17, 15) is 8.42 Å². The zero-order chi connectivity index (χ0) is 21.4. The molecule has 1 aromatic carbocycles. The summed E-state index contributed by atoms with van der Waals surface area (Å²) >= 11 is 0. The minimum absolute atomic E-state index is 0.00823. The third-order valence-electron chi connectivity index (χ3n) is 5.75. The van der Waals surface area contributed by atoms with Gasteiger partial charge in [-0.3, -0.25) is 4.99 Å². The standard InChI is InChI=1S/C21H35N5O3S/c1-3-22-21(23-12-14-30(27,28)24-15-17-7-6-8-17)25-18-11-13-26(16-18)19-9-4-5-10-20(19)29-2/h4-5,9-10,17-18,24H,3,6-8,11-16H2,1-2H3,(H2,22,23,25). The second-order valence-electron chi connectivity index (χ2n) is 7.97. The van der Waals surface area contributed by atoms with E-state index in [1.807, 2.05) is 25.1 Å². The first-order valence-electron chi connectivity index (χ1n) is 10.9. The average molecular weight is 438 g/mol. The first-order chi connectivity index (χ1) is 14.5. The van der Waals surface area contributed by atoms with Gasteiger partial charge in [0.1, 0.15) is 5.75 Å². The second-order valence-corrected chi connectivity index (χ2v) is 9.90. The maximum Gasteiger partial charge on any atom is 0.213 e. The van der Waals surface area contributed by atoms with Crippen LogP contribution in [0.15, 0.2) is 29.3 Å². The van der Waals surface area contributed by atoms with Crippen LogP contribution in [0.4, 0.5) is 5.69 Å². The molecule has 3 N–H and O–H groups in total. The van der Waals surface area contributed by atoms with Gasteiger partial charge in [0.25, 0.3) is 0 Å². The molecule has 1 atom stereocenters. The molecule has 1 heterocycles. The summed E-state index contributed by atoms with van der Waals surface area (Å²) in [5.41, 5.74) is 1.09. The Bertz CT molecular complexity index is 811. The van der Waals surface area contributed by atoms with Crippen LogP contribution in [-0.4, -0.2) is 66.0 Å². The summed E-state index contributed by atoms with van der Waals surface area (Å²) in [6.45, 7) is 5.29. The number of ether oxygens (including phenoxy) is 1. The summed E-state index contributed by atoms with van der Waals surface area (Å²) in [5, 5.41) is 6.67. The highest BCUT2D eigenvalue weighted by atomic mass is 32.2. The van der Waals surface area contributed by atoms with Gasteiger partial charge >= 0.3 is 0 Å². The van der Waals surface area contributed by atoms with Crippen molar-refractivity contribution < 1.29 is 13.2 Å². The van der Waals surface area contributed by atoms with Crippen molar-refractivity contribution in [1.82, 2.24) is 15.4 Å². The molecule has 1 aliphatic heterocycles. The normalized spacial score (nSPS) is 20.1. The van der Waals surface area contributed by atoms with Gasteiger partial charge in [-0.25, -0.2) is 13.1 Å². The molecule has 0 amide bonds. The third kappa shape index (κ3) is 6.50. The Hall–Kier alpha value is -2.00. The number of benzene rings is 1. The summed E-state index contributed by atoms with van der Waals surface area (Å²) in [6, 6.07) is 8.27. The number of para-hydroxylation sites is 2. The van der Waals surface area contributed by atoms with Crippen LogP contribution in [0.2, 0.25) is 0 Å². The largest absolute Gasteiger partial charge is 0.495 e. The van der Waals surface area contributed by atoms with Gasteiger partial charge in [0.15, 0.2) is 5.96 Å². The smallest absolute Gasteiger partial charge is 0.213 e. The van der Waals surface area contributed by atoms with Crippen molar-refractivity contribution in [1.29, 1.82) is 0 Å². The maximum atomic E-state index is 12.2. The lowest BCUT2D eigenvalue weighted by atomic mass is 9.86. The molecule has 1 saturated carbocycles. The van der Waals surface area contributed by atoms with Crippen LogP contribution in [0.1, 0.15) is 32.6 Å². The fourth-order valence-corrected chi connectivity index (χ4v) is 4.76. The van der Waals surface area contributed by atoms with Crippen LogP contribution >= 0.6 is 0 Å². The fraction of sp³-hybridized carbons (Fsp3) is 0.667. The quantitative estimate of drug-likeness (QED) is 0.380. The van der Waals surface area contributed by atoms with E-state index >= 15 is 0 Å². The predicted molar refractivity (Wildman–Crippen MR) is 122 cm³/mol. The van der Waals surface area contributed by atoms with Crippen LogP contribution in [0.5, 0.6) is 5.75 Å². The number of hydrogen-bond donors (Lipinski definition) is 3. The van der Waals surface area contributed by atoms with Crippen molar-refractivity contribution in [2.45, 2.75) is 38.6 Å². The van der Waals surface area contributed by atoms with Gasteiger partial charge in [-0.2, -0.15) is 0 Å². The monoisotopic (exact) mass is 437 g/mol. The number of anilines is 1. The zero-order valence-corrected chi connectivity index (χ0v) is 18.9. The summed E-state index contributed by atoms with van der Waals surface area (Å²) in [5.74, 6) is 2.06. The molecule has 0 aromatic heterocycles. The van der Waals surface area contributed by atoms with E-state index in [-0.39, 0.29) is 18.3 Å². The Morgan fingerprint density at radius 3 is 2.77 bits per heavy atom. The molecule has 1 saturated heterocycles. The van der Waals surface area contributed by atoms with Crippen molar-refractivity contribution in [2.24, 2.45) is 10.9 Å². The molecule has 1 unspecified atom stereocenters. The molecule has 0 spiro atoms. The Labute approximate surface area is 180 Å². The minimum Gasteiger partial charge on any atom is -0.495 e. The molecule has 2 aliphatic rings. The molecule has 168 valence electrons. The molecule has 0 radical (unpaired) electrons. The lowest BCUT2D eigenvalue weighted by molar-refractivity contribution is 0.316. The van der Waals surface area contributed by atoms with Gasteiger partial charge < -0.3 is 20.3 Å². The molecule has 2 fully saturated rings. The van der Waals surface area contributed by atoms with E-state index in [1.165, 1.54) is 6.42 Å². The van der Waals surface area contributed by atoms with Crippen molar-refractivity contribution in [3.63, 3.8) is 0 Å². The van der Waals surface area contributed by atoms with Crippen LogP contribution in [-0.2, 0) is 10.0 Å². The number of nitrogens with zero attached hydrogens (tertiary/aromatic N) is 2. The lowest BCUT2D eigenvalue weighted by Gasteiger charge is -2.25. The Morgan fingerprint density at radius 1 is 1.27 bits per heavy atom. The first kappa shape index (κ1) is 22.7. The predicted octanol–water partition coefficient (Wildman–Crippen LogP) is 1.55. The number of sulfonamides is 1. The topological polar surface area (TPSA) is 95.1 Å². The molecule has 3 rings (SSSR count). The van der Waals surface area contributed by atoms with Crippen molar-refractivity contribution in [2.75, 3.05) is 50.5 Å². The van der Waals surface area contributed by atoms with E-state index in [4.69, 9.17) is 4.74 Å². The molecule has 1 aromatic rings. The Balaban J connectivity index is 1.50. The lowest BCUT2D eigenvalue weighted by Crippen LogP contribution is -2.45. The van der Waals surface area contributed by atoms with Crippen LogP contribution in [0.3, 0.4) is 0 Å². The minimum atomic E-state index is -3.28. The summed E-state index contributed by atoms with van der Waals surface area (Å²) in [7, 11) is -1.59. The zero-order valence-electron chi connectivity index (χ0n) is 18.1. The van der Waals surface area contributed by atoms with Crippen molar-refractivity contribution >= 4 is 21.7 Å². The Morgan fingerprint density at radius 2 is 2.07 bits per heavy atom. The molecular weight excluding hydrogens is 402 g/mol. The molecular formula is C21H35N5O3S. The Kier molecular flexibility index (Phi) is 8.21. The van der Waals surface area contributed by atoms with Crippen LogP contribution in [0, 0.1) is 5.92 Å². The van der Waals surface area contributed by atoms with Gasteiger partial charge in [0, 0.05) is 32.2 Å². The van der Waals surface area contributed by atoms with Gasteiger partial charge in [0.05, 0.1) is 25.1 Å². The summed E-state index contributed by atoms with van der Waals surface area (Å²) in [6.07, 6.45) is 4.44. The number of hydrogen-bond acceptors (Lipinski definition) is 5. The van der Waals surface area contributed by atoms with Crippen LogP contribution in [0.25, 0.3) is 0 Å². The highest BCUT2D eigenvalue weighted by Gasteiger charge is 2.25. The number of guanidine groups is 1. The molecule has 30 heavy (non-hydrogen) atoms. The molecule has 0 bridgehead atoms. The second kappa shape index (κ2) is 10.9. The first-order valence-corrected chi connectivity index (χ1v) is 12.6. The fourth-order valence-electron chi connectivity index (χ4n) is 3.79. The molecule has 9 heteroatoms. The number of rotatable bonds is 10. The van der Waals surface area contributed by atoms with E-state index in [0.717, 1.165) is 50.3 Å². The maximum absolute atomic E-state index is 12.2. The van der Waals surface area contributed by atoms with Gasteiger partial charge in [-0.1, -0.05) is 18.6 Å². The van der Waals surface area contributed by atoms with Crippen LogP contribution < -0.4 is 25.0 Å². The summed E-state index contributed by atoms with van der Waals surface area (Å²) in [4.78, 5) is 6.79. The van der Waals surface area contributed by atoms with Crippen molar-refractivity contribution in [3.8, 4) is 5.75 Å². The third-order valence-corrected chi connectivity index (χ3v) is 7.07. The number of nitrogens with one attached hydrogen (secondary N) is 3. The highest BCUT2D eigenvalue weighted by Crippen LogP contribution is 2.30. The number of aliphatic imine (C=N–C) groups is 1. The van der Waals surface area contributed by atoms with Crippen molar-refractivity contribution in [3.05, 3.63) is 24.3 Å². The highest BCUT2D eigenvalue weighted by molar-refractivity contribution is 7.89. The average Bonchev–Trinajstić information content (AvgIpc) is 3.15. The SMILES string of the molecule is CCNC(=NCCS(=O)(=O)NCC1CCC1)NC1CCN(c2ccccc2OC)C1. The van der Waals surface area contributed by atoms with E-state index < -0.39 is 10.0 Å². The van der Waals surface area contributed by atoms with E-state index in [0.29, 0.717) is 18.4 Å². The van der Waals surface area contributed by atoms with E-state index in [2.05, 4.69) is 31.3 Å².